The molecule has 0 aliphatic heterocycles. The van der Waals surface area contributed by atoms with Crippen LogP contribution < -0.4 is 17.2 Å². The average Bonchev–Trinajstić information content (AvgIpc) is 2.67. The van der Waals surface area contributed by atoms with Crippen LogP contribution in [0.5, 0.6) is 0 Å². The molecule has 0 fully saturated rings. The van der Waals surface area contributed by atoms with Crippen LogP contribution in [-0.4, -0.2) is 54.2 Å². The highest BCUT2D eigenvalue weighted by molar-refractivity contribution is 5.78. The van der Waals surface area contributed by atoms with Gasteiger partial charge in [-0.3, -0.25) is 9.69 Å². The van der Waals surface area contributed by atoms with Gasteiger partial charge in [-0.15, -0.1) is 0 Å². The minimum absolute atomic E-state index is 0.339. The van der Waals surface area contributed by atoms with Crippen LogP contribution in [0.3, 0.4) is 0 Å². The lowest BCUT2D eigenvalue weighted by atomic mass is 9.88. The zero-order chi connectivity index (χ0) is 21.1. The van der Waals surface area contributed by atoms with E-state index >= 15 is 0 Å². The fourth-order valence-corrected chi connectivity index (χ4v) is 4.11. The Morgan fingerprint density at radius 2 is 1.14 bits per heavy atom. The van der Waals surface area contributed by atoms with E-state index in [-0.39, 0.29) is 0 Å². The third-order valence-corrected chi connectivity index (χ3v) is 5.80. The minimum atomic E-state index is -0.972. The zero-order valence-corrected chi connectivity index (χ0v) is 18.5. The molecule has 28 heavy (non-hydrogen) atoms. The number of nitrogens with zero attached hydrogens (tertiary/aromatic N) is 1. The molecule has 0 aromatic carbocycles. The minimum Gasteiger partial charge on any atom is -0.480 e. The van der Waals surface area contributed by atoms with Crippen molar-refractivity contribution < 1.29 is 9.90 Å². The van der Waals surface area contributed by atoms with Crippen LogP contribution >= 0.6 is 0 Å². The van der Waals surface area contributed by atoms with Crippen molar-refractivity contribution in [2.24, 2.45) is 17.2 Å². The van der Waals surface area contributed by atoms with Crippen LogP contribution in [0.2, 0.25) is 0 Å². The molecule has 0 atom stereocenters. The largest absolute Gasteiger partial charge is 0.480 e. The average molecular weight is 401 g/mol. The molecule has 6 heteroatoms. The molecule has 0 bridgehead atoms. The first kappa shape index (κ1) is 27.3. The van der Waals surface area contributed by atoms with Gasteiger partial charge in [-0.2, -0.15) is 0 Å². The molecule has 168 valence electrons. The second-order valence-electron chi connectivity index (χ2n) is 8.08. The molecule has 6 nitrogen and oxygen atoms in total. The Kier molecular flexibility index (Phi) is 17.9. The van der Waals surface area contributed by atoms with Crippen molar-refractivity contribution in [3.05, 3.63) is 0 Å². The van der Waals surface area contributed by atoms with E-state index in [0.717, 1.165) is 19.4 Å². The third kappa shape index (κ3) is 11.3. The van der Waals surface area contributed by atoms with Crippen molar-refractivity contribution in [2.75, 3.05) is 32.7 Å². The highest BCUT2D eigenvalue weighted by atomic mass is 16.4. The molecular weight excluding hydrogens is 352 g/mol. The van der Waals surface area contributed by atoms with Gasteiger partial charge in [-0.1, -0.05) is 77.6 Å². The summed E-state index contributed by atoms with van der Waals surface area (Å²) in [6.07, 6.45) is 16.4. The van der Waals surface area contributed by atoms with Crippen molar-refractivity contribution in [3.8, 4) is 0 Å². The number of carboxylic acids is 1. The van der Waals surface area contributed by atoms with E-state index in [1.54, 1.807) is 0 Å². The Morgan fingerprint density at radius 3 is 1.50 bits per heavy atom. The zero-order valence-electron chi connectivity index (χ0n) is 18.5. The number of rotatable bonds is 21. The Labute approximate surface area is 173 Å². The predicted molar refractivity (Wildman–Crippen MR) is 119 cm³/mol. The van der Waals surface area contributed by atoms with Gasteiger partial charge in [0.2, 0.25) is 0 Å². The van der Waals surface area contributed by atoms with E-state index in [2.05, 4.69) is 6.92 Å². The molecule has 0 heterocycles. The second kappa shape index (κ2) is 18.3. The van der Waals surface area contributed by atoms with E-state index < -0.39 is 11.5 Å². The summed E-state index contributed by atoms with van der Waals surface area (Å²) < 4.78 is 0. The monoisotopic (exact) mass is 400 g/mol. The van der Waals surface area contributed by atoms with Crippen molar-refractivity contribution in [2.45, 2.75) is 102 Å². The van der Waals surface area contributed by atoms with Gasteiger partial charge in [-0.05, 0) is 38.9 Å². The molecule has 0 aliphatic rings. The SMILES string of the molecule is CCCCCCCCCCCCCCN(CCN)C(CCN)(CCN)C(=O)O. The van der Waals surface area contributed by atoms with Crippen LogP contribution in [0.25, 0.3) is 0 Å². The van der Waals surface area contributed by atoms with E-state index in [4.69, 9.17) is 17.2 Å². The quantitative estimate of drug-likeness (QED) is 0.219. The van der Waals surface area contributed by atoms with Crippen LogP contribution in [-0.2, 0) is 4.79 Å². The molecule has 0 saturated heterocycles. The number of aliphatic carboxylic acids is 1. The van der Waals surface area contributed by atoms with E-state index in [1.807, 2.05) is 4.90 Å². The van der Waals surface area contributed by atoms with Crippen LogP contribution in [0.15, 0.2) is 0 Å². The van der Waals surface area contributed by atoms with Gasteiger partial charge >= 0.3 is 5.97 Å². The molecule has 0 unspecified atom stereocenters. The van der Waals surface area contributed by atoms with Crippen LogP contribution in [0, 0.1) is 0 Å². The number of carboxylic acid groups (broad SMARTS) is 1. The molecule has 0 rings (SSSR count). The molecule has 0 aliphatic carbocycles. The highest BCUT2D eigenvalue weighted by Gasteiger charge is 2.42. The molecule has 0 radical (unpaired) electrons. The maximum Gasteiger partial charge on any atom is 0.324 e. The van der Waals surface area contributed by atoms with Crippen molar-refractivity contribution in [1.29, 1.82) is 0 Å². The Bertz CT molecular complexity index is 360. The summed E-state index contributed by atoms with van der Waals surface area (Å²) >= 11 is 0. The van der Waals surface area contributed by atoms with E-state index in [0.29, 0.717) is 39.0 Å². The summed E-state index contributed by atoms with van der Waals surface area (Å²) in [6.45, 7) is 4.71. The number of carbonyl (C=O) groups is 1. The van der Waals surface area contributed by atoms with Gasteiger partial charge in [0.25, 0.3) is 0 Å². The number of hydrogen-bond acceptors (Lipinski definition) is 5. The molecule has 0 saturated carbocycles. The Morgan fingerprint density at radius 1 is 0.714 bits per heavy atom. The fraction of sp³-hybridized carbons (Fsp3) is 0.955. The fourth-order valence-electron chi connectivity index (χ4n) is 4.11. The van der Waals surface area contributed by atoms with Gasteiger partial charge in [0.1, 0.15) is 5.54 Å². The summed E-state index contributed by atoms with van der Waals surface area (Å²) in [5, 5.41) is 9.88. The predicted octanol–water partition coefficient (Wildman–Crippen LogP) is 3.47. The molecule has 0 spiro atoms. The van der Waals surface area contributed by atoms with Gasteiger partial charge in [-0.25, -0.2) is 0 Å². The van der Waals surface area contributed by atoms with Gasteiger partial charge in [0.05, 0.1) is 0 Å². The number of nitrogens with two attached hydrogens (primary N) is 3. The van der Waals surface area contributed by atoms with Crippen molar-refractivity contribution in [3.63, 3.8) is 0 Å². The molecule has 0 aromatic rings. The first-order valence-electron chi connectivity index (χ1n) is 11.7. The first-order valence-corrected chi connectivity index (χ1v) is 11.7. The smallest absolute Gasteiger partial charge is 0.324 e. The van der Waals surface area contributed by atoms with Gasteiger partial charge < -0.3 is 22.3 Å². The second-order valence-corrected chi connectivity index (χ2v) is 8.08. The highest BCUT2D eigenvalue weighted by Crippen LogP contribution is 2.25. The Balaban J connectivity index is 4.13. The van der Waals surface area contributed by atoms with E-state index in [9.17, 15) is 9.90 Å². The number of unbranched alkanes of at least 4 members (excludes halogenated alkanes) is 11. The maximum absolute atomic E-state index is 12.0. The lowest BCUT2D eigenvalue weighted by Gasteiger charge is -2.40. The van der Waals surface area contributed by atoms with Gasteiger partial charge in [0.15, 0.2) is 0 Å². The molecule has 0 aromatic heterocycles. The molecule has 7 N–H and O–H groups in total. The standard InChI is InChI=1S/C22H48N4O2/c1-2-3-4-5-6-7-8-9-10-11-12-13-19-26(20-18-25)22(14-16-23,15-17-24)21(27)28/h2-20,23-25H2,1H3,(H,27,28). The summed E-state index contributed by atoms with van der Waals surface area (Å²) in [5.74, 6) is -0.823. The van der Waals surface area contributed by atoms with Gasteiger partial charge in [0, 0.05) is 13.1 Å². The topological polar surface area (TPSA) is 119 Å². The summed E-state index contributed by atoms with van der Waals surface area (Å²) in [4.78, 5) is 14.1. The molecular formula is C22H48N4O2. The summed E-state index contributed by atoms with van der Waals surface area (Å²) in [7, 11) is 0. The van der Waals surface area contributed by atoms with Crippen molar-refractivity contribution >= 4 is 5.97 Å². The first-order chi connectivity index (χ1) is 13.6. The summed E-state index contributed by atoms with van der Waals surface area (Å²) in [6, 6.07) is 0. The normalized spacial score (nSPS) is 12.0. The molecule has 0 amide bonds. The van der Waals surface area contributed by atoms with Crippen LogP contribution in [0.1, 0.15) is 96.8 Å². The van der Waals surface area contributed by atoms with Crippen LogP contribution in [0.4, 0.5) is 0 Å². The Hall–Kier alpha value is -0.690. The third-order valence-electron chi connectivity index (χ3n) is 5.80. The number of hydrogen-bond donors (Lipinski definition) is 4. The lowest BCUT2D eigenvalue weighted by molar-refractivity contribution is -0.152. The van der Waals surface area contributed by atoms with Crippen molar-refractivity contribution in [1.82, 2.24) is 4.90 Å². The van der Waals surface area contributed by atoms with E-state index in [1.165, 1.54) is 64.2 Å². The summed E-state index contributed by atoms with van der Waals surface area (Å²) in [5.41, 5.74) is 16.2. The lowest BCUT2D eigenvalue weighted by Crippen LogP contribution is -2.58. The maximum atomic E-state index is 12.0.